The van der Waals surface area contributed by atoms with Crippen molar-refractivity contribution in [1.82, 2.24) is 5.32 Å². The number of carbonyl (C=O) groups excluding carboxylic acids is 1. The molecule has 0 spiro atoms. The Balaban J connectivity index is 1.77. The number of benzene rings is 1. The molecule has 3 rings (SSSR count). The topological polar surface area (TPSA) is 83.5 Å². The van der Waals surface area contributed by atoms with Crippen LogP contribution in [0.3, 0.4) is 0 Å². The number of hydrogen-bond acceptors (Lipinski definition) is 4. The fraction of sp³-hybridized carbons (Fsp3) is 0.632. The van der Waals surface area contributed by atoms with Crippen LogP contribution in [0.2, 0.25) is 0 Å². The summed E-state index contributed by atoms with van der Waals surface area (Å²) in [5.41, 5.74) is 0.360. The molecule has 0 saturated heterocycles. The molecule has 0 radical (unpaired) electrons. The van der Waals surface area contributed by atoms with Crippen LogP contribution in [0.15, 0.2) is 29.2 Å². The molecule has 1 aromatic rings. The highest BCUT2D eigenvalue weighted by atomic mass is 32.2. The summed E-state index contributed by atoms with van der Waals surface area (Å²) in [7, 11) is -3.23. The van der Waals surface area contributed by atoms with Crippen molar-refractivity contribution >= 4 is 15.7 Å². The van der Waals surface area contributed by atoms with E-state index >= 15 is 0 Å². The second-order valence-corrected chi connectivity index (χ2v) is 9.62. The molecule has 2 N–H and O–H groups in total. The smallest absolute Gasteiger partial charge is 0.230 e. The van der Waals surface area contributed by atoms with Crippen LogP contribution in [0.4, 0.5) is 0 Å². The normalized spacial score (nSPS) is 26.2. The number of sulfone groups is 1. The zero-order valence-electron chi connectivity index (χ0n) is 14.9. The zero-order chi connectivity index (χ0) is 18.2. The number of aliphatic hydroxyl groups is 1. The molecule has 0 bridgehead atoms. The van der Waals surface area contributed by atoms with E-state index in [-0.39, 0.29) is 22.9 Å². The first-order chi connectivity index (χ1) is 11.8. The van der Waals surface area contributed by atoms with Crippen molar-refractivity contribution in [3.63, 3.8) is 0 Å². The summed E-state index contributed by atoms with van der Waals surface area (Å²) in [6.45, 7) is 2.06. The van der Waals surface area contributed by atoms with Crippen LogP contribution in [0, 0.1) is 5.92 Å². The van der Waals surface area contributed by atoms with Crippen LogP contribution in [-0.2, 0) is 20.0 Å². The predicted molar refractivity (Wildman–Crippen MR) is 96.0 cm³/mol. The minimum Gasteiger partial charge on any atom is -0.393 e. The molecule has 2 fully saturated rings. The summed E-state index contributed by atoms with van der Waals surface area (Å²) in [5, 5.41) is 12.7. The van der Waals surface area contributed by atoms with E-state index < -0.39 is 15.3 Å². The summed E-state index contributed by atoms with van der Waals surface area (Å²) in [5.74, 6) is 0.396. The molecule has 5 nitrogen and oxygen atoms in total. The number of rotatable bonds is 6. The Morgan fingerprint density at radius 1 is 1.28 bits per heavy atom. The average Bonchev–Trinajstić information content (AvgIpc) is 2.48. The van der Waals surface area contributed by atoms with Crippen molar-refractivity contribution < 1.29 is 18.3 Å². The van der Waals surface area contributed by atoms with Gasteiger partial charge in [-0.25, -0.2) is 8.42 Å². The molecule has 25 heavy (non-hydrogen) atoms. The van der Waals surface area contributed by atoms with Gasteiger partial charge in [-0.15, -0.1) is 0 Å². The summed E-state index contributed by atoms with van der Waals surface area (Å²) < 4.78 is 23.3. The average molecular weight is 365 g/mol. The molecule has 138 valence electrons. The molecule has 1 unspecified atom stereocenters. The number of hydrogen-bond donors (Lipinski definition) is 2. The van der Waals surface area contributed by atoms with Crippen molar-refractivity contribution in [2.24, 2.45) is 5.92 Å². The molecule has 0 aliphatic heterocycles. The molecule has 0 heterocycles. The third-order valence-electron chi connectivity index (χ3n) is 5.95. The molecule has 2 aliphatic carbocycles. The van der Waals surface area contributed by atoms with Crippen LogP contribution in [0.1, 0.15) is 51.0 Å². The lowest BCUT2D eigenvalue weighted by Crippen LogP contribution is -2.55. The molecule has 6 heteroatoms. The Morgan fingerprint density at radius 2 is 1.88 bits per heavy atom. The lowest BCUT2D eigenvalue weighted by Gasteiger charge is -2.44. The van der Waals surface area contributed by atoms with Gasteiger partial charge in [-0.1, -0.05) is 25.5 Å². The van der Waals surface area contributed by atoms with Gasteiger partial charge < -0.3 is 10.4 Å². The molecule has 2 saturated carbocycles. The van der Waals surface area contributed by atoms with Gasteiger partial charge in [-0.05, 0) is 55.7 Å². The van der Waals surface area contributed by atoms with Gasteiger partial charge in [0.2, 0.25) is 5.91 Å². The maximum Gasteiger partial charge on any atom is 0.230 e. The number of carbonyl (C=O) groups is 1. The van der Waals surface area contributed by atoms with Gasteiger partial charge >= 0.3 is 0 Å². The quantitative estimate of drug-likeness (QED) is 0.809. The molecule has 0 aromatic heterocycles. The maximum atomic E-state index is 13.0. The second kappa shape index (κ2) is 6.72. The van der Waals surface area contributed by atoms with Gasteiger partial charge in [0.05, 0.1) is 16.4 Å². The largest absolute Gasteiger partial charge is 0.393 e. The molecule has 1 amide bonds. The van der Waals surface area contributed by atoms with Crippen LogP contribution < -0.4 is 5.32 Å². The predicted octanol–water partition coefficient (Wildman–Crippen LogP) is 2.18. The molecular weight excluding hydrogens is 338 g/mol. The van der Waals surface area contributed by atoms with Crippen molar-refractivity contribution in [2.75, 3.05) is 6.26 Å². The van der Waals surface area contributed by atoms with E-state index in [4.69, 9.17) is 0 Å². The summed E-state index contributed by atoms with van der Waals surface area (Å²) >= 11 is 0. The van der Waals surface area contributed by atoms with Crippen molar-refractivity contribution in [3.8, 4) is 0 Å². The zero-order valence-corrected chi connectivity index (χ0v) is 15.7. The number of nitrogens with one attached hydrogen (secondary N) is 1. The van der Waals surface area contributed by atoms with E-state index in [1.807, 2.05) is 0 Å². The monoisotopic (exact) mass is 365 g/mol. The van der Waals surface area contributed by atoms with Gasteiger partial charge in [-0.3, -0.25) is 4.79 Å². The van der Waals surface area contributed by atoms with Crippen LogP contribution in [0.5, 0.6) is 0 Å². The molecular formula is C19H27NO4S. The van der Waals surface area contributed by atoms with Crippen molar-refractivity contribution in [3.05, 3.63) is 29.8 Å². The highest BCUT2D eigenvalue weighted by Crippen LogP contribution is 2.44. The van der Waals surface area contributed by atoms with E-state index in [0.717, 1.165) is 44.1 Å². The molecule has 1 atom stereocenters. The SMILES string of the molecule is CCC(NC(=O)C1(c2ccc(S(C)(=O)=O)cc2)CCC1)C1CC(O)C1. The van der Waals surface area contributed by atoms with Gasteiger partial charge in [0.15, 0.2) is 9.84 Å². The first-order valence-electron chi connectivity index (χ1n) is 9.06. The van der Waals surface area contributed by atoms with E-state index in [1.165, 1.54) is 6.26 Å². The first kappa shape index (κ1) is 18.4. The van der Waals surface area contributed by atoms with E-state index in [2.05, 4.69) is 12.2 Å². The first-order valence-corrected chi connectivity index (χ1v) is 10.9. The van der Waals surface area contributed by atoms with Crippen molar-refractivity contribution in [1.29, 1.82) is 0 Å². The molecule has 2 aliphatic rings. The van der Waals surface area contributed by atoms with E-state index in [1.54, 1.807) is 24.3 Å². The summed E-state index contributed by atoms with van der Waals surface area (Å²) in [6.07, 6.45) is 5.92. The Kier molecular flexibility index (Phi) is 4.95. The van der Waals surface area contributed by atoms with Crippen LogP contribution in [0.25, 0.3) is 0 Å². The fourth-order valence-corrected chi connectivity index (χ4v) is 4.65. The molecule has 1 aromatic carbocycles. The fourth-order valence-electron chi connectivity index (χ4n) is 4.02. The van der Waals surface area contributed by atoms with E-state index in [0.29, 0.717) is 5.92 Å². The van der Waals surface area contributed by atoms with Crippen LogP contribution in [-0.4, -0.2) is 37.8 Å². The summed E-state index contributed by atoms with van der Waals surface area (Å²) in [6, 6.07) is 6.85. The second-order valence-electron chi connectivity index (χ2n) is 7.61. The minimum absolute atomic E-state index is 0.0408. The Bertz CT molecular complexity index is 731. The van der Waals surface area contributed by atoms with Gasteiger partial charge in [-0.2, -0.15) is 0 Å². The number of aliphatic hydroxyl groups excluding tert-OH is 1. The third-order valence-corrected chi connectivity index (χ3v) is 7.08. The summed E-state index contributed by atoms with van der Waals surface area (Å²) in [4.78, 5) is 13.3. The van der Waals surface area contributed by atoms with Crippen molar-refractivity contribution in [2.45, 2.75) is 67.9 Å². The standard InChI is InChI=1S/C19H27NO4S/c1-3-17(13-11-15(21)12-13)20-18(22)19(9-4-10-19)14-5-7-16(8-6-14)25(2,23)24/h5-8,13,15,17,21H,3-4,9-12H2,1-2H3,(H,20,22). The highest BCUT2D eigenvalue weighted by Gasteiger charge is 2.47. The van der Waals surface area contributed by atoms with Gasteiger partial charge in [0, 0.05) is 12.3 Å². The lowest BCUT2D eigenvalue weighted by atomic mass is 9.63. The third kappa shape index (κ3) is 3.47. The maximum absolute atomic E-state index is 13.0. The Hall–Kier alpha value is -1.40. The van der Waals surface area contributed by atoms with Gasteiger partial charge in [0.1, 0.15) is 0 Å². The Morgan fingerprint density at radius 3 is 2.28 bits per heavy atom. The van der Waals surface area contributed by atoms with E-state index in [9.17, 15) is 18.3 Å². The lowest BCUT2D eigenvalue weighted by molar-refractivity contribution is -0.131. The van der Waals surface area contributed by atoms with Gasteiger partial charge in [0.25, 0.3) is 0 Å². The highest BCUT2D eigenvalue weighted by molar-refractivity contribution is 7.90. The number of amides is 1. The minimum atomic E-state index is -3.23. The van der Waals surface area contributed by atoms with Crippen LogP contribution >= 0.6 is 0 Å². The Labute approximate surface area is 149 Å².